The number of amides is 1. The number of esters is 1. The van der Waals surface area contributed by atoms with Crippen LogP contribution in [0.1, 0.15) is 20.2 Å². The number of Topliss-reactive ketones (excluding diaryl/α,β-unsaturated/α-hetero) is 1. The van der Waals surface area contributed by atoms with E-state index in [9.17, 15) is 14.4 Å². The van der Waals surface area contributed by atoms with E-state index in [2.05, 4.69) is 11.9 Å². The summed E-state index contributed by atoms with van der Waals surface area (Å²) >= 11 is 1.28. The predicted molar refractivity (Wildman–Crippen MR) is 100 cm³/mol. The molecule has 0 aliphatic heterocycles. The number of nitrogens with one attached hydrogen (secondary N) is 1. The number of fused-ring (bicyclic) bond motifs is 1. The van der Waals surface area contributed by atoms with Crippen molar-refractivity contribution in [2.24, 2.45) is 0 Å². The van der Waals surface area contributed by atoms with Gasteiger partial charge in [-0.1, -0.05) is 24.3 Å². The zero-order chi connectivity index (χ0) is 18.7. The SMILES string of the molecule is C=CCNC(=O)C(=O)c1cccn1-c1c(C(=O)OC)sc2ccccc12. The van der Waals surface area contributed by atoms with Gasteiger partial charge in [0.15, 0.2) is 0 Å². The second-order valence-corrected chi connectivity index (χ2v) is 6.41. The van der Waals surface area contributed by atoms with Gasteiger partial charge in [-0.15, -0.1) is 17.9 Å². The first-order valence-electron chi connectivity index (χ1n) is 7.79. The molecular formula is C19H16N2O4S. The molecule has 6 nitrogen and oxygen atoms in total. The first-order valence-corrected chi connectivity index (χ1v) is 8.61. The maximum Gasteiger partial charge on any atom is 0.350 e. The van der Waals surface area contributed by atoms with Crippen molar-refractivity contribution < 1.29 is 19.1 Å². The number of hydrogen-bond donors (Lipinski definition) is 1. The molecule has 0 aliphatic rings. The van der Waals surface area contributed by atoms with E-state index in [1.165, 1.54) is 24.5 Å². The molecule has 26 heavy (non-hydrogen) atoms. The lowest BCUT2D eigenvalue weighted by Gasteiger charge is -2.10. The highest BCUT2D eigenvalue weighted by atomic mass is 32.1. The molecule has 1 N–H and O–H groups in total. The summed E-state index contributed by atoms with van der Waals surface area (Å²) in [5.74, 6) is -1.92. The molecule has 0 bridgehead atoms. The van der Waals surface area contributed by atoms with Gasteiger partial charge in [-0.25, -0.2) is 4.79 Å². The third kappa shape index (κ3) is 3.04. The number of ether oxygens (including phenoxy) is 1. The third-order valence-electron chi connectivity index (χ3n) is 3.78. The third-order valence-corrected chi connectivity index (χ3v) is 4.92. The molecule has 3 rings (SSSR count). The van der Waals surface area contributed by atoms with Gasteiger partial charge in [0.25, 0.3) is 11.7 Å². The summed E-state index contributed by atoms with van der Waals surface area (Å²) in [7, 11) is 1.31. The van der Waals surface area contributed by atoms with Crippen molar-refractivity contribution in [3.8, 4) is 5.69 Å². The zero-order valence-electron chi connectivity index (χ0n) is 14.0. The Labute approximate surface area is 153 Å². The van der Waals surface area contributed by atoms with Gasteiger partial charge < -0.3 is 14.6 Å². The molecule has 132 valence electrons. The summed E-state index contributed by atoms with van der Waals surface area (Å²) < 4.78 is 7.33. The molecule has 2 heterocycles. The number of rotatable bonds is 6. The Bertz CT molecular complexity index is 1020. The largest absolute Gasteiger partial charge is 0.465 e. The number of carbonyl (C=O) groups is 3. The van der Waals surface area contributed by atoms with E-state index >= 15 is 0 Å². The average molecular weight is 368 g/mol. The van der Waals surface area contributed by atoms with Crippen LogP contribution in [0.15, 0.2) is 55.3 Å². The van der Waals surface area contributed by atoms with E-state index in [4.69, 9.17) is 4.74 Å². The lowest BCUT2D eigenvalue weighted by Crippen LogP contribution is -2.32. The monoisotopic (exact) mass is 368 g/mol. The van der Waals surface area contributed by atoms with Crippen LogP contribution in [0.25, 0.3) is 15.8 Å². The topological polar surface area (TPSA) is 77.4 Å². The molecule has 0 fully saturated rings. The second-order valence-electron chi connectivity index (χ2n) is 5.36. The lowest BCUT2D eigenvalue weighted by atomic mass is 10.2. The van der Waals surface area contributed by atoms with E-state index in [1.54, 1.807) is 22.9 Å². The fourth-order valence-electron chi connectivity index (χ4n) is 2.62. The van der Waals surface area contributed by atoms with Gasteiger partial charge >= 0.3 is 5.97 Å². The molecule has 1 aromatic carbocycles. The molecule has 0 aliphatic carbocycles. The first kappa shape index (κ1) is 17.6. The Kier molecular flexibility index (Phi) is 4.99. The summed E-state index contributed by atoms with van der Waals surface area (Å²) in [6.07, 6.45) is 3.14. The molecular weight excluding hydrogens is 352 g/mol. The molecule has 0 unspecified atom stereocenters. The Balaban J connectivity index is 2.15. The van der Waals surface area contributed by atoms with E-state index in [-0.39, 0.29) is 12.2 Å². The number of benzene rings is 1. The minimum absolute atomic E-state index is 0.167. The highest BCUT2D eigenvalue weighted by Gasteiger charge is 2.25. The van der Waals surface area contributed by atoms with Crippen LogP contribution in [0.5, 0.6) is 0 Å². The van der Waals surface area contributed by atoms with Crippen molar-refractivity contribution in [1.82, 2.24) is 9.88 Å². The highest BCUT2D eigenvalue weighted by molar-refractivity contribution is 7.21. The van der Waals surface area contributed by atoms with Gasteiger partial charge in [0.05, 0.1) is 18.5 Å². The van der Waals surface area contributed by atoms with Gasteiger partial charge in [0.1, 0.15) is 4.88 Å². The fraction of sp³-hybridized carbons (Fsp3) is 0.105. The predicted octanol–water partition coefficient (Wildman–Crippen LogP) is 2.96. The quantitative estimate of drug-likeness (QED) is 0.314. The van der Waals surface area contributed by atoms with Crippen LogP contribution >= 0.6 is 11.3 Å². The van der Waals surface area contributed by atoms with Crippen LogP contribution in [0.3, 0.4) is 0 Å². The normalized spacial score (nSPS) is 10.5. The van der Waals surface area contributed by atoms with Crippen molar-refractivity contribution in [3.63, 3.8) is 0 Å². The van der Waals surface area contributed by atoms with Crippen molar-refractivity contribution in [2.75, 3.05) is 13.7 Å². The zero-order valence-corrected chi connectivity index (χ0v) is 14.8. The number of ketones is 1. The van der Waals surface area contributed by atoms with Crippen LogP contribution in [-0.4, -0.2) is 35.9 Å². The standard InChI is InChI=1S/C19H16N2O4S/c1-3-10-20-18(23)16(22)13-8-6-11-21(13)15-12-7-4-5-9-14(12)26-17(15)19(24)25-2/h3-9,11H,1,10H2,2H3,(H,20,23). The summed E-state index contributed by atoms with van der Waals surface area (Å²) in [6, 6.07) is 10.7. The van der Waals surface area contributed by atoms with Gasteiger partial charge in [-0.3, -0.25) is 9.59 Å². The Morgan fingerprint density at radius 1 is 1.23 bits per heavy atom. The van der Waals surface area contributed by atoms with Crippen molar-refractivity contribution >= 4 is 39.1 Å². The smallest absolute Gasteiger partial charge is 0.350 e. The molecule has 0 spiro atoms. The summed E-state index contributed by atoms with van der Waals surface area (Å²) in [5, 5.41) is 3.27. The molecule has 0 saturated carbocycles. The molecule has 7 heteroatoms. The minimum atomic E-state index is -0.732. The molecule has 0 saturated heterocycles. The van der Waals surface area contributed by atoms with Gasteiger partial charge in [-0.05, 0) is 18.2 Å². The minimum Gasteiger partial charge on any atom is -0.465 e. The maximum absolute atomic E-state index is 12.5. The van der Waals surface area contributed by atoms with Crippen LogP contribution in [0.4, 0.5) is 0 Å². The molecule has 1 amide bonds. The number of thiophene rings is 1. The molecule has 2 aromatic heterocycles. The average Bonchev–Trinajstić information content (AvgIpc) is 3.28. The Hall–Kier alpha value is -3.19. The summed E-state index contributed by atoms with van der Waals surface area (Å²) in [5.41, 5.74) is 0.697. The van der Waals surface area contributed by atoms with Crippen molar-refractivity contribution in [2.45, 2.75) is 0 Å². The summed E-state index contributed by atoms with van der Waals surface area (Å²) in [6.45, 7) is 3.70. The van der Waals surface area contributed by atoms with Crippen LogP contribution in [-0.2, 0) is 9.53 Å². The lowest BCUT2D eigenvalue weighted by molar-refractivity contribution is -0.116. The van der Waals surface area contributed by atoms with E-state index in [0.29, 0.717) is 10.6 Å². The van der Waals surface area contributed by atoms with Crippen LogP contribution in [0, 0.1) is 0 Å². The number of hydrogen-bond acceptors (Lipinski definition) is 5. The summed E-state index contributed by atoms with van der Waals surface area (Å²) in [4.78, 5) is 37.2. The van der Waals surface area contributed by atoms with E-state index < -0.39 is 17.7 Å². The Morgan fingerprint density at radius 2 is 2.00 bits per heavy atom. The molecule has 0 radical (unpaired) electrons. The number of aromatic nitrogens is 1. The van der Waals surface area contributed by atoms with Crippen LogP contribution in [0.2, 0.25) is 0 Å². The highest BCUT2D eigenvalue weighted by Crippen LogP contribution is 2.35. The second kappa shape index (κ2) is 7.37. The Morgan fingerprint density at radius 3 is 2.73 bits per heavy atom. The number of methoxy groups -OCH3 is 1. The van der Waals surface area contributed by atoms with Gasteiger partial charge in [0.2, 0.25) is 0 Å². The number of carbonyl (C=O) groups excluding carboxylic acids is 3. The van der Waals surface area contributed by atoms with E-state index in [0.717, 1.165) is 10.1 Å². The van der Waals surface area contributed by atoms with Gasteiger partial charge in [-0.2, -0.15) is 0 Å². The molecule has 0 atom stereocenters. The van der Waals surface area contributed by atoms with Crippen LogP contribution < -0.4 is 5.32 Å². The maximum atomic E-state index is 12.5. The first-order chi connectivity index (χ1) is 12.6. The van der Waals surface area contributed by atoms with E-state index in [1.807, 2.05) is 24.3 Å². The number of nitrogens with zero attached hydrogens (tertiary/aromatic N) is 1. The molecule has 3 aromatic rings. The van der Waals surface area contributed by atoms with Gasteiger partial charge in [0, 0.05) is 22.8 Å². The van der Waals surface area contributed by atoms with Crippen molar-refractivity contribution in [3.05, 3.63) is 65.8 Å². The fourth-order valence-corrected chi connectivity index (χ4v) is 3.74. The van der Waals surface area contributed by atoms with Crippen molar-refractivity contribution in [1.29, 1.82) is 0 Å².